The van der Waals surface area contributed by atoms with Gasteiger partial charge in [-0.3, -0.25) is 29.6 Å². The molecule has 68 heavy (non-hydrogen) atoms. The second-order valence-corrected chi connectivity index (χ2v) is 15.9. The Morgan fingerprint density at radius 2 is 0.985 bits per heavy atom. The average Bonchev–Trinajstić information content (AvgIpc) is 3.90. The first kappa shape index (κ1) is 47.2. The number of nitrogens with zero attached hydrogens (tertiary/aromatic N) is 8. The number of pyridine rings is 2. The molecule has 8 rings (SSSR count). The Kier molecular flexibility index (Phi) is 15.2. The van der Waals surface area contributed by atoms with E-state index in [9.17, 15) is 19.2 Å². The smallest absolute Gasteiger partial charge is 0.322 e. The van der Waals surface area contributed by atoms with Crippen LogP contribution < -0.4 is 31.9 Å². The maximum Gasteiger partial charge on any atom is 0.322 e. The molecular weight excluding hydrogens is 861 g/mol. The lowest BCUT2D eigenvalue weighted by Gasteiger charge is -2.19. The normalized spacial score (nSPS) is 10.7. The van der Waals surface area contributed by atoms with Gasteiger partial charge in [-0.2, -0.15) is 10.2 Å². The van der Waals surface area contributed by atoms with Crippen molar-refractivity contribution in [2.24, 2.45) is 14.1 Å². The number of aryl methyl sites for hydroxylation is 2. The van der Waals surface area contributed by atoms with Crippen molar-refractivity contribution in [3.63, 3.8) is 0 Å². The van der Waals surface area contributed by atoms with Gasteiger partial charge in [-0.15, -0.1) is 0 Å². The molecule has 4 aromatic carbocycles. The summed E-state index contributed by atoms with van der Waals surface area (Å²) in [5, 5.41) is 28.9. The highest BCUT2D eigenvalue weighted by molar-refractivity contribution is 6.09. The van der Waals surface area contributed by atoms with Gasteiger partial charge < -0.3 is 31.1 Å². The Labute approximate surface area is 393 Å². The number of carbonyl (C=O) groups is 4. The van der Waals surface area contributed by atoms with Crippen LogP contribution in [0.25, 0.3) is 21.8 Å². The van der Waals surface area contributed by atoms with Crippen LogP contribution in [-0.4, -0.2) is 90.4 Å². The van der Waals surface area contributed by atoms with Crippen LogP contribution in [0.4, 0.5) is 44.0 Å². The maximum absolute atomic E-state index is 13.0. The lowest BCUT2D eigenvalue weighted by molar-refractivity contribution is 0.101. The molecule has 348 valence electrons. The molecule has 6 amide bonds. The quantitative estimate of drug-likeness (QED) is 0.0612. The van der Waals surface area contributed by atoms with Gasteiger partial charge in [0.2, 0.25) is 0 Å². The Hall–Kier alpha value is -8.80. The summed E-state index contributed by atoms with van der Waals surface area (Å²) < 4.78 is 3.49. The van der Waals surface area contributed by atoms with Crippen LogP contribution in [0.3, 0.4) is 0 Å². The standard InChI is InChI=1S/C26H29N7O2.C24H25N7O2/c1-4-33(5-2)26(35)30-24-14-18(12-13-27-24)16-28-22-9-7-6-8-21(22)25(34)29-20-11-10-19-17-32(3)31-23(19)15-20;1-30(2)24(33)28-22-12-16(10-11-25-22)14-26-20-7-5-4-6-19(20)23(32)27-18-9-8-17-15-31(3)29-21(17)13-18/h6-15,17,28H,4-5,16H2,1-3H3,(H,29,34)(H,27,30,35);4-13,15,26H,14H2,1-3H3,(H,27,32)(H,25,28,33). The van der Waals surface area contributed by atoms with Gasteiger partial charge in [-0.05, 0) is 110 Å². The van der Waals surface area contributed by atoms with Crippen molar-refractivity contribution in [2.75, 3.05) is 59.1 Å². The third-order valence-electron chi connectivity index (χ3n) is 10.6. The number of carbonyl (C=O) groups excluding carboxylic acids is 4. The van der Waals surface area contributed by atoms with E-state index in [1.807, 2.05) is 131 Å². The van der Waals surface area contributed by atoms with Crippen LogP contribution in [-0.2, 0) is 27.2 Å². The number of hydrogen-bond donors (Lipinski definition) is 6. The molecule has 8 aromatic rings. The van der Waals surface area contributed by atoms with Crippen LogP contribution in [0.2, 0.25) is 0 Å². The molecule has 0 saturated heterocycles. The molecule has 18 heteroatoms. The van der Waals surface area contributed by atoms with E-state index in [0.29, 0.717) is 71.7 Å². The number of fused-ring (bicyclic) bond motifs is 2. The summed E-state index contributed by atoms with van der Waals surface area (Å²) in [6.45, 7) is 6.03. The average molecular weight is 915 g/mol. The Balaban J connectivity index is 0.000000202. The van der Waals surface area contributed by atoms with E-state index in [0.717, 1.165) is 32.9 Å². The van der Waals surface area contributed by atoms with Crippen LogP contribution in [0, 0.1) is 0 Å². The number of nitrogens with one attached hydrogen (secondary N) is 6. The number of rotatable bonds is 14. The molecule has 0 aliphatic heterocycles. The summed E-state index contributed by atoms with van der Waals surface area (Å²) in [7, 11) is 7.06. The first-order valence-electron chi connectivity index (χ1n) is 21.9. The van der Waals surface area contributed by atoms with Gasteiger partial charge in [-0.1, -0.05) is 24.3 Å². The molecular formula is C50H54N14O4. The topological polar surface area (TPSA) is 208 Å². The Morgan fingerprint density at radius 3 is 1.43 bits per heavy atom. The number of anilines is 6. The molecule has 0 spiro atoms. The van der Waals surface area contributed by atoms with Gasteiger partial charge in [0.1, 0.15) is 11.6 Å². The number of amides is 6. The van der Waals surface area contributed by atoms with E-state index in [2.05, 4.69) is 52.1 Å². The van der Waals surface area contributed by atoms with Gasteiger partial charge in [0, 0.05) is 113 Å². The molecule has 4 heterocycles. The van der Waals surface area contributed by atoms with Crippen LogP contribution in [0.5, 0.6) is 0 Å². The van der Waals surface area contributed by atoms with Crippen molar-refractivity contribution in [1.29, 1.82) is 0 Å². The van der Waals surface area contributed by atoms with E-state index >= 15 is 0 Å². The van der Waals surface area contributed by atoms with Crippen molar-refractivity contribution in [3.05, 3.63) is 156 Å². The molecule has 4 aromatic heterocycles. The van der Waals surface area contributed by atoms with E-state index in [-0.39, 0.29) is 23.9 Å². The van der Waals surface area contributed by atoms with Crippen molar-refractivity contribution in [1.82, 2.24) is 39.3 Å². The molecule has 6 N–H and O–H groups in total. The SMILES string of the molecule is CCN(CC)C(=O)Nc1cc(CNc2ccccc2C(=O)Nc2ccc3cn(C)nc3c2)ccn1.CN(C)C(=O)Nc1cc(CNc2ccccc2C(=O)Nc2ccc3cn(C)nc3c2)ccn1. The van der Waals surface area contributed by atoms with Gasteiger partial charge in [-0.25, -0.2) is 19.6 Å². The fourth-order valence-electron chi connectivity index (χ4n) is 7.12. The molecule has 0 fully saturated rings. The number of hydrogen-bond acceptors (Lipinski definition) is 10. The lowest BCUT2D eigenvalue weighted by atomic mass is 10.1. The Bertz CT molecular complexity index is 3070. The van der Waals surface area contributed by atoms with Crippen LogP contribution in [0.1, 0.15) is 45.7 Å². The minimum absolute atomic E-state index is 0.182. The van der Waals surface area contributed by atoms with Crippen molar-refractivity contribution in [3.8, 4) is 0 Å². The molecule has 0 bridgehead atoms. The van der Waals surface area contributed by atoms with E-state index in [1.165, 1.54) is 4.90 Å². The second kappa shape index (κ2) is 21.9. The minimum atomic E-state index is -0.251. The van der Waals surface area contributed by atoms with E-state index in [1.54, 1.807) is 59.0 Å². The number of benzene rings is 4. The van der Waals surface area contributed by atoms with Crippen LogP contribution in [0.15, 0.2) is 134 Å². The number of para-hydroxylation sites is 2. The third-order valence-corrected chi connectivity index (χ3v) is 10.6. The highest BCUT2D eigenvalue weighted by Gasteiger charge is 2.15. The molecule has 0 atom stereocenters. The zero-order chi connectivity index (χ0) is 48.2. The summed E-state index contributed by atoms with van der Waals surface area (Å²) in [6.07, 6.45) is 7.15. The van der Waals surface area contributed by atoms with Gasteiger partial charge in [0.15, 0.2) is 0 Å². The molecule has 0 radical (unpaired) electrons. The first-order valence-corrected chi connectivity index (χ1v) is 21.9. The van der Waals surface area contributed by atoms with Crippen molar-refractivity contribution in [2.45, 2.75) is 26.9 Å². The largest absolute Gasteiger partial charge is 0.380 e. The maximum atomic E-state index is 13.0. The first-order chi connectivity index (χ1) is 32.8. The highest BCUT2D eigenvalue weighted by atomic mass is 16.2. The third kappa shape index (κ3) is 12.3. The predicted molar refractivity (Wildman–Crippen MR) is 268 cm³/mol. The molecule has 0 unspecified atom stereocenters. The van der Waals surface area contributed by atoms with Crippen molar-refractivity contribution >= 4 is 80.1 Å². The summed E-state index contributed by atoms with van der Waals surface area (Å²) in [4.78, 5) is 61.8. The summed E-state index contributed by atoms with van der Waals surface area (Å²) >= 11 is 0. The molecule has 0 saturated carbocycles. The lowest BCUT2D eigenvalue weighted by Crippen LogP contribution is -2.34. The zero-order valence-corrected chi connectivity index (χ0v) is 38.7. The fraction of sp³-hybridized carbons (Fsp3) is 0.200. The summed E-state index contributed by atoms with van der Waals surface area (Å²) in [6, 6.07) is 32.8. The van der Waals surface area contributed by atoms with Gasteiger partial charge in [0.05, 0.1) is 22.2 Å². The van der Waals surface area contributed by atoms with Crippen LogP contribution >= 0.6 is 0 Å². The minimum Gasteiger partial charge on any atom is -0.380 e. The number of aromatic nitrogens is 6. The van der Waals surface area contributed by atoms with E-state index < -0.39 is 0 Å². The van der Waals surface area contributed by atoms with Gasteiger partial charge in [0.25, 0.3) is 11.8 Å². The van der Waals surface area contributed by atoms with Gasteiger partial charge >= 0.3 is 12.1 Å². The van der Waals surface area contributed by atoms with E-state index in [4.69, 9.17) is 0 Å². The Morgan fingerprint density at radius 1 is 0.544 bits per heavy atom. The predicted octanol–water partition coefficient (Wildman–Crippen LogP) is 8.63. The zero-order valence-electron chi connectivity index (χ0n) is 38.7. The molecule has 18 nitrogen and oxygen atoms in total. The van der Waals surface area contributed by atoms with Crippen molar-refractivity contribution < 1.29 is 19.2 Å². The number of urea groups is 2. The summed E-state index contributed by atoms with van der Waals surface area (Å²) in [5.41, 5.74) is 7.27. The molecule has 0 aliphatic carbocycles. The monoisotopic (exact) mass is 914 g/mol. The summed E-state index contributed by atoms with van der Waals surface area (Å²) in [5.74, 6) is 0.508. The molecule has 0 aliphatic rings. The fourth-order valence-corrected chi connectivity index (χ4v) is 7.12. The second-order valence-electron chi connectivity index (χ2n) is 15.9. The highest BCUT2D eigenvalue weighted by Crippen LogP contribution is 2.24.